The van der Waals surface area contributed by atoms with Crippen molar-refractivity contribution in [3.05, 3.63) is 72.8 Å². The number of para-hydroxylation sites is 5. The van der Waals surface area contributed by atoms with Gasteiger partial charge in [-0.15, -0.1) is 0 Å². The number of hydrogen-bond acceptors (Lipinski definition) is 4. The Kier molecular flexibility index (Phi) is 3.83. The lowest BCUT2D eigenvalue weighted by atomic mass is 10.3. The Morgan fingerprint density at radius 2 is 1.18 bits per heavy atom. The molecule has 3 aromatic rings. The summed E-state index contributed by atoms with van der Waals surface area (Å²) in [4.78, 5) is 0. The molecule has 0 aliphatic carbocycles. The van der Waals surface area contributed by atoms with Gasteiger partial charge in [-0.1, -0.05) is 36.4 Å². The minimum absolute atomic E-state index is 0.0215. The van der Waals surface area contributed by atoms with Gasteiger partial charge in [0.1, 0.15) is 0 Å². The van der Waals surface area contributed by atoms with Crippen molar-refractivity contribution in [2.75, 3.05) is 0 Å². The van der Waals surface area contributed by atoms with Crippen molar-refractivity contribution < 1.29 is 19.7 Å². The third kappa shape index (κ3) is 2.96. The minimum Gasteiger partial charge on any atom is -0.504 e. The first-order chi connectivity index (χ1) is 10.7. The van der Waals surface area contributed by atoms with Crippen LogP contribution in [0.5, 0.6) is 34.5 Å². The minimum atomic E-state index is 0.0215. The molecule has 109 valence electrons. The maximum Gasteiger partial charge on any atom is 0.178 e. The third-order valence-electron chi connectivity index (χ3n) is 2.94. The zero-order valence-corrected chi connectivity index (χ0v) is 11.6. The van der Waals surface area contributed by atoms with Gasteiger partial charge in [-0.05, 0) is 30.3 Å². The SMILES string of the molecule is Oc1ccccc1Oc1[c]cccc1Oc1ccccc1O. The smallest absolute Gasteiger partial charge is 0.178 e. The molecule has 1 radical (unpaired) electrons. The highest BCUT2D eigenvalue weighted by molar-refractivity contribution is 5.49. The Morgan fingerprint density at radius 1 is 0.636 bits per heavy atom. The van der Waals surface area contributed by atoms with E-state index in [1.165, 1.54) is 12.1 Å². The van der Waals surface area contributed by atoms with E-state index in [4.69, 9.17) is 9.47 Å². The number of phenols is 2. The molecule has 4 nitrogen and oxygen atoms in total. The summed E-state index contributed by atoms with van der Waals surface area (Å²) >= 11 is 0. The Hall–Kier alpha value is -3.14. The summed E-state index contributed by atoms with van der Waals surface area (Å²) in [6.45, 7) is 0. The van der Waals surface area contributed by atoms with Gasteiger partial charge in [0.05, 0.1) is 0 Å². The van der Waals surface area contributed by atoms with Crippen LogP contribution in [0.15, 0.2) is 66.7 Å². The van der Waals surface area contributed by atoms with E-state index < -0.39 is 0 Å². The Morgan fingerprint density at radius 3 is 1.82 bits per heavy atom. The number of aromatic hydroxyl groups is 2. The lowest BCUT2D eigenvalue weighted by Gasteiger charge is -2.13. The molecule has 0 saturated heterocycles. The zero-order valence-electron chi connectivity index (χ0n) is 11.6. The molecule has 0 aromatic heterocycles. The zero-order chi connectivity index (χ0) is 15.4. The van der Waals surface area contributed by atoms with Crippen LogP contribution < -0.4 is 9.47 Å². The summed E-state index contributed by atoms with van der Waals surface area (Å²) in [5, 5.41) is 19.6. The van der Waals surface area contributed by atoms with E-state index in [1.807, 2.05) is 0 Å². The van der Waals surface area contributed by atoms with Gasteiger partial charge in [0.15, 0.2) is 34.5 Å². The maximum atomic E-state index is 9.78. The van der Waals surface area contributed by atoms with E-state index in [-0.39, 0.29) is 11.5 Å². The highest BCUT2D eigenvalue weighted by atomic mass is 16.5. The summed E-state index contributed by atoms with van der Waals surface area (Å²) in [5.41, 5.74) is 0. The van der Waals surface area contributed by atoms with Gasteiger partial charge in [-0.2, -0.15) is 0 Å². The first kappa shape index (κ1) is 13.8. The van der Waals surface area contributed by atoms with Crippen molar-refractivity contribution >= 4 is 0 Å². The van der Waals surface area contributed by atoms with E-state index >= 15 is 0 Å². The predicted molar refractivity (Wildman–Crippen MR) is 81.6 cm³/mol. The molecule has 0 heterocycles. The van der Waals surface area contributed by atoms with Crippen molar-refractivity contribution in [1.29, 1.82) is 0 Å². The molecule has 2 N–H and O–H groups in total. The molecule has 4 heteroatoms. The van der Waals surface area contributed by atoms with Gasteiger partial charge in [-0.3, -0.25) is 0 Å². The molecule has 0 unspecified atom stereocenters. The third-order valence-corrected chi connectivity index (χ3v) is 2.94. The second kappa shape index (κ2) is 6.10. The monoisotopic (exact) mass is 293 g/mol. The average molecular weight is 293 g/mol. The summed E-state index contributed by atoms with van der Waals surface area (Å²) < 4.78 is 11.3. The molecule has 0 spiro atoms. The lowest BCUT2D eigenvalue weighted by molar-refractivity contribution is 0.376. The summed E-state index contributed by atoms with van der Waals surface area (Å²) in [6.07, 6.45) is 0. The van der Waals surface area contributed by atoms with E-state index in [1.54, 1.807) is 54.6 Å². The second-order valence-corrected chi connectivity index (χ2v) is 4.50. The van der Waals surface area contributed by atoms with Crippen LogP contribution in [-0.2, 0) is 0 Å². The van der Waals surface area contributed by atoms with E-state index in [2.05, 4.69) is 6.07 Å². The van der Waals surface area contributed by atoms with Gasteiger partial charge in [-0.25, -0.2) is 0 Å². The van der Waals surface area contributed by atoms with E-state index in [0.29, 0.717) is 23.0 Å². The second-order valence-electron chi connectivity index (χ2n) is 4.50. The number of benzene rings is 3. The van der Waals surface area contributed by atoms with Crippen LogP contribution in [0.4, 0.5) is 0 Å². The van der Waals surface area contributed by atoms with Crippen molar-refractivity contribution in [3.8, 4) is 34.5 Å². The molecule has 0 fully saturated rings. The van der Waals surface area contributed by atoms with Gasteiger partial charge >= 0.3 is 0 Å². The molecular weight excluding hydrogens is 280 g/mol. The molecule has 0 atom stereocenters. The fourth-order valence-corrected chi connectivity index (χ4v) is 1.88. The van der Waals surface area contributed by atoms with Crippen LogP contribution in [0, 0.1) is 6.07 Å². The molecule has 0 aliphatic heterocycles. The predicted octanol–water partition coefficient (Wildman–Crippen LogP) is 4.48. The van der Waals surface area contributed by atoms with E-state index in [9.17, 15) is 10.2 Å². The van der Waals surface area contributed by atoms with Gasteiger partial charge in [0.2, 0.25) is 0 Å². The molecule has 22 heavy (non-hydrogen) atoms. The molecular formula is C18H13O4. The highest BCUT2D eigenvalue weighted by Gasteiger charge is 2.11. The van der Waals surface area contributed by atoms with Gasteiger partial charge in [0.25, 0.3) is 0 Å². The van der Waals surface area contributed by atoms with Crippen LogP contribution in [-0.4, -0.2) is 10.2 Å². The molecule has 3 rings (SSSR count). The normalized spacial score (nSPS) is 10.2. The fraction of sp³-hybridized carbons (Fsp3) is 0. The summed E-state index contributed by atoms with van der Waals surface area (Å²) in [5.74, 6) is 1.35. The topological polar surface area (TPSA) is 58.9 Å². The lowest BCUT2D eigenvalue weighted by Crippen LogP contribution is -1.91. The number of ether oxygens (including phenoxy) is 2. The standard InChI is InChI=1S/C18H13O4/c19-13-7-1-3-9-15(13)21-17-11-5-6-12-18(17)22-16-10-4-2-8-14(16)20/h1-11,19-20H. The Balaban J connectivity index is 1.91. The van der Waals surface area contributed by atoms with Crippen molar-refractivity contribution in [2.45, 2.75) is 0 Å². The number of phenolic OH excluding ortho intramolecular Hbond substituents is 2. The fourth-order valence-electron chi connectivity index (χ4n) is 1.88. The first-order valence-electron chi connectivity index (χ1n) is 6.66. The molecule has 0 aliphatic rings. The molecule has 0 saturated carbocycles. The van der Waals surface area contributed by atoms with Crippen molar-refractivity contribution in [1.82, 2.24) is 0 Å². The largest absolute Gasteiger partial charge is 0.504 e. The molecule has 3 aromatic carbocycles. The Bertz CT molecular complexity index is 717. The Labute approximate surface area is 127 Å². The maximum absolute atomic E-state index is 9.78. The van der Waals surface area contributed by atoms with Gasteiger partial charge < -0.3 is 19.7 Å². The van der Waals surface area contributed by atoms with Crippen molar-refractivity contribution in [2.24, 2.45) is 0 Å². The van der Waals surface area contributed by atoms with Crippen LogP contribution >= 0.6 is 0 Å². The first-order valence-corrected chi connectivity index (χ1v) is 6.66. The average Bonchev–Trinajstić information content (AvgIpc) is 2.53. The summed E-state index contributed by atoms with van der Waals surface area (Å²) in [6, 6.07) is 21.3. The molecule has 0 bridgehead atoms. The quantitative estimate of drug-likeness (QED) is 0.744. The van der Waals surface area contributed by atoms with Crippen LogP contribution in [0.25, 0.3) is 0 Å². The van der Waals surface area contributed by atoms with Crippen LogP contribution in [0.2, 0.25) is 0 Å². The van der Waals surface area contributed by atoms with Crippen molar-refractivity contribution in [3.63, 3.8) is 0 Å². The summed E-state index contributed by atoms with van der Waals surface area (Å²) in [7, 11) is 0. The van der Waals surface area contributed by atoms with Gasteiger partial charge in [0, 0.05) is 6.07 Å². The number of hydrogen-bond donors (Lipinski definition) is 2. The van der Waals surface area contributed by atoms with Crippen LogP contribution in [0.3, 0.4) is 0 Å². The van der Waals surface area contributed by atoms with E-state index in [0.717, 1.165) is 0 Å². The highest BCUT2D eigenvalue weighted by Crippen LogP contribution is 2.39. The molecule has 0 amide bonds. The van der Waals surface area contributed by atoms with Crippen LogP contribution in [0.1, 0.15) is 0 Å². The number of rotatable bonds is 4.